The molecule has 1 fully saturated rings. The van der Waals surface area contributed by atoms with Gasteiger partial charge >= 0.3 is 0 Å². The second-order valence-electron chi connectivity index (χ2n) is 4.96. The Morgan fingerprint density at radius 3 is 2.76 bits per heavy atom. The highest BCUT2D eigenvalue weighted by molar-refractivity contribution is 9.10. The highest BCUT2D eigenvalue weighted by atomic mass is 79.9. The smallest absolute Gasteiger partial charge is 0.141 e. The predicted molar refractivity (Wildman–Crippen MR) is 75.2 cm³/mol. The van der Waals surface area contributed by atoms with E-state index in [-0.39, 0.29) is 5.54 Å². The highest BCUT2D eigenvalue weighted by Gasteiger charge is 2.31. The van der Waals surface area contributed by atoms with Gasteiger partial charge < -0.3 is 11.1 Å². The van der Waals surface area contributed by atoms with Crippen LogP contribution in [0, 0.1) is 6.92 Å². The fourth-order valence-electron chi connectivity index (χ4n) is 2.49. The zero-order valence-electron chi connectivity index (χ0n) is 10.3. The Balaban J connectivity index is 2.20. The van der Waals surface area contributed by atoms with Crippen LogP contribution in [-0.4, -0.2) is 17.1 Å². The number of aromatic nitrogens is 1. The van der Waals surface area contributed by atoms with Gasteiger partial charge in [-0.15, -0.1) is 0 Å². The summed E-state index contributed by atoms with van der Waals surface area (Å²) in [6.07, 6.45) is 7.97. The van der Waals surface area contributed by atoms with Gasteiger partial charge in [-0.1, -0.05) is 19.3 Å². The van der Waals surface area contributed by atoms with Crippen molar-refractivity contribution in [3.63, 3.8) is 0 Å². The van der Waals surface area contributed by atoms with Crippen molar-refractivity contribution in [3.05, 3.63) is 22.3 Å². The number of hydrogen-bond donors (Lipinski definition) is 2. The molecule has 17 heavy (non-hydrogen) atoms. The molecule has 1 aromatic heterocycles. The molecule has 1 aromatic rings. The number of rotatable bonds is 3. The van der Waals surface area contributed by atoms with Gasteiger partial charge in [-0.05, 0) is 47.3 Å². The van der Waals surface area contributed by atoms with Gasteiger partial charge in [-0.25, -0.2) is 4.98 Å². The van der Waals surface area contributed by atoms with E-state index in [0.29, 0.717) is 6.54 Å². The molecule has 0 saturated heterocycles. The number of hydrogen-bond acceptors (Lipinski definition) is 3. The van der Waals surface area contributed by atoms with Crippen LogP contribution in [0.1, 0.15) is 37.7 Å². The molecule has 3 N–H and O–H groups in total. The predicted octanol–water partition coefficient (Wildman–Crippen LogP) is 3.23. The molecule has 0 amide bonds. The summed E-state index contributed by atoms with van der Waals surface area (Å²) >= 11 is 3.59. The molecule has 3 nitrogen and oxygen atoms in total. The van der Waals surface area contributed by atoms with Crippen LogP contribution < -0.4 is 11.1 Å². The molecule has 1 heterocycles. The summed E-state index contributed by atoms with van der Waals surface area (Å²) < 4.78 is 1.05. The van der Waals surface area contributed by atoms with Crippen LogP contribution in [0.2, 0.25) is 0 Å². The molecule has 0 atom stereocenters. The van der Waals surface area contributed by atoms with E-state index in [4.69, 9.17) is 5.73 Å². The first-order chi connectivity index (χ1) is 8.17. The fraction of sp³-hybridized carbons (Fsp3) is 0.615. The molecular weight excluding hydrogens is 278 g/mol. The maximum absolute atomic E-state index is 5.97. The van der Waals surface area contributed by atoms with E-state index in [1.165, 1.54) is 24.8 Å². The van der Waals surface area contributed by atoms with Gasteiger partial charge in [-0.3, -0.25) is 0 Å². The van der Waals surface area contributed by atoms with Gasteiger partial charge in [0, 0.05) is 12.7 Å². The second kappa shape index (κ2) is 5.36. The fourth-order valence-corrected chi connectivity index (χ4v) is 2.82. The van der Waals surface area contributed by atoms with E-state index in [1.807, 2.05) is 12.3 Å². The van der Waals surface area contributed by atoms with Crippen molar-refractivity contribution in [2.24, 2.45) is 5.73 Å². The molecule has 1 aliphatic rings. The van der Waals surface area contributed by atoms with Crippen molar-refractivity contribution >= 4 is 21.7 Å². The first kappa shape index (κ1) is 12.8. The van der Waals surface area contributed by atoms with E-state index in [2.05, 4.69) is 33.2 Å². The minimum Gasteiger partial charge on any atom is -0.362 e. The molecule has 2 rings (SSSR count). The van der Waals surface area contributed by atoms with Gasteiger partial charge in [0.2, 0.25) is 0 Å². The average Bonchev–Trinajstić information content (AvgIpc) is 2.36. The van der Waals surface area contributed by atoms with Crippen LogP contribution in [0.15, 0.2) is 16.7 Å². The lowest BCUT2D eigenvalue weighted by molar-refractivity contribution is 0.330. The largest absolute Gasteiger partial charge is 0.362 e. The third-order valence-corrected chi connectivity index (χ3v) is 4.67. The van der Waals surface area contributed by atoms with Crippen molar-refractivity contribution in [3.8, 4) is 0 Å². The molecule has 0 aliphatic heterocycles. The molecular formula is C13H20BrN3. The van der Waals surface area contributed by atoms with Gasteiger partial charge in [0.05, 0.1) is 10.0 Å². The lowest BCUT2D eigenvalue weighted by atomic mass is 9.81. The lowest BCUT2D eigenvalue weighted by Gasteiger charge is -2.37. The Morgan fingerprint density at radius 2 is 2.12 bits per heavy atom. The molecule has 0 bridgehead atoms. The average molecular weight is 298 g/mol. The lowest BCUT2D eigenvalue weighted by Crippen LogP contribution is -2.47. The van der Waals surface area contributed by atoms with E-state index in [1.54, 1.807) is 0 Å². The Hall–Kier alpha value is -0.610. The Labute approximate surface area is 111 Å². The molecule has 0 unspecified atom stereocenters. The standard InChI is InChI=1S/C13H20BrN3/c1-10-5-8-16-12(11(10)14)17-13(9-15)6-3-2-4-7-13/h5,8H,2-4,6-7,9,15H2,1H3,(H,16,17). The number of nitrogens with one attached hydrogen (secondary N) is 1. The first-order valence-corrected chi connectivity index (χ1v) is 7.05. The monoisotopic (exact) mass is 297 g/mol. The highest BCUT2D eigenvalue weighted by Crippen LogP contribution is 2.33. The zero-order chi connectivity index (χ0) is 12.3. The third-order valence-electron chi connectivity index (χ3n) is 3.67. The second-order valence-corrected chi connectivity index (χ2v) is 5.75. The number of anilines is 1. The minimum atomic E-state index is 0.0432. The molecule has 0 aromatic carbocycles. The van der Waals surface area contributed by atoms with E-state index < -0.39 is 0 Å². The summed E-state index contributed by atoms with van der Waals surface area (Å²) in [5.74, 6) is 0.928. The number of aryl methyl sites for hydroxylation is 1. The molecule has 0 radical (unpaired) electrons. The Kier molecular flexibility index (Phi) is 4.05. The topological polar surface area (TPSA) is 50.9 Å². The molecule has 1 saturated carbocycles. The van der Waals surface area contributed by atoms with Crippen molar-refractivity contribution in [2.75, 3.05) is 11.9 Å². The molecule has 4 heteroatoms. The van der Waals surface area contributed by atoms with Crippen LogP contribution in [-0.2, 0) is 0 Å². The Bertz CT molecular complexity index is 386. The van der Waals surface area contributed by atoms with Crippen LogP contribution in [0.3, 0.4) is 0 Å². The summed E-state index contributed by atoms with van der Waals surface area (Å²) in [4.78, 5) is 4.41. The van der Waals surface area contributed by atoms with Crippen LogP contribution in [0.25, 0.3) is 0 Å². The van der Waals surface area contributed by atoms with Gasteiger partial charge in [0.25, 0.3) is 0 Å². The van der Waals surface area contributed by atoms with Crippen molar-refractivity contribution in [2.45, 2.75) is 44.6 Å². The maximum atomic E-state index is 5.97. The minimum absolute atomic E-state index is 0.0432. The third kappa shape index (κ3) is 2.80. The zero-order valence-corrected chi connectivity index (χ0v) is 11.9. The SMILES string of the molecule is Cc1ccnc(NC2(CN)CCCCC2)c1Br. The number of pyridine rings is 1. The first-order valence-electron chi connectivity index (χ1n) is 6.26. The van der Waals surface area contributed by atoms with Gasteiger partial charge in [0.15, 0.2) is 0 Å². The molecule has 1 aliphatic carbocycles. The summed E-state index contributed by atoms with van der Waals surface area (Å²) in [7, 11) is 0. The van der Waals surface area contributed by atoms with Gasteiger partial charge in [-0.2, -0.15) is 0 Å². The summed E-state index contributed by atoms with van der Waals surface area (Å²) in [6, 6.07) is 2.01. The number of nitrogens with zero attached hydrogens (tertiary/aromatic N) is 1. The van der Waals surface area contributed by atoms with Crippen molar-refractivity contribution in [1.82, 2.24) is 4.98 Å². The quantitative estimate of drug-likeness (QED) is 0.901. The summed E-state index contributed by atoms with van der Waals surface area (Å²) in [5, 5.41) is 3.57. The van der Waals surface area contributed by atoms with Crippen LogP contribution in [0.4, 0.5) is 5.82 Å². The summed E-state index contributed by atoms with van der Waals surface area (Å²) in [6.45, 7) is 2.75. The van der Waals surface area contributed by atoms with Crippen LogP contribution >= 0.6 is 15.9 Å². The van der Waals surface area contributed by atoms with Gasteiger partial charge in [0.1, 0.15) is 5.82 Å². The Morgan fingerprint density at radius 1 is 1.41 bits per heavy atom. The molecule has 0 spiro atoms. The normalized spacial score (nSPS) is 19.0. The van der Waals surface area contributed by atoms with E-state index in [9.17, 15) is 0 Å². The van der Waals surface area contributed by atoms with Crippen LogP contribution in [0.5, 0.6) is 0 Å². The van der Waals surface area contributed by atoms with Crippen molar-refractivity contribution in [1.29, 1.82) is 0 Å². The molecule has 94 valence electrons. The summed E-state index contributed by atoms with van der Waals surface area (Å²) in [5.41, 5.74) is 7.21. The number of nitrogens with two attached hydrogens (primary N) is 1. The number of halogens is 1. The van der Waals surface area contributed by atoms with E-state index >= 15 is 0 Å². The van der Waals surface area contributed by atoms with E-state index in [0.717, 1.165) is 23.1 Å². The van der Waals surface area contributed by atoms with Crippen molar-refractivity contribution < 1.29 is 0 Å². The maximum Gasteiger partial charge on any atom is 0.141 e.